The monoisotopic (exact) mass is 368 g/mol. The third-order valence-electron chi connectivity index (χ3n) is 5.12. The Labute approximate surface area is 159 Å². The molecule has 0 N–H and O–H groups in total. The highest BCUT2D eigenvalue weighted by molar-refractivity contribution is 5.69. The minimum atomic E-state index is -0.431. The minimum absolute atomic E-state index is 0.341. The van der Waals surface area contributed by atoms with Crippen molar-refractivity contribution in [3.63, 3.8) is 0 Å². The summed E-state index contributed by atoms with van der Waals surface area (Å²) >= 11 is 0. The fourth-order valence-corrected chi connectivity index (χ4v) is 3.90. The lowest BCUT2D eigenvalue weighted by atomic mass is 9.78. The van der Waals surface area contributed by atoms with E-state index in [1.54, 1.807) is 24.3 Å². The van der Waals surface area contributed by atoms with Crippen LogP contribution in [0.1, 0.15) is 51.7 Å². The molecule has 27 heavy (non-hydrogen) atoms. The van der Waals surface area contributed by atoms with E-state index in [9.17, 15) is 9.59 Å². The maximum atomic E-state index is 11.1. The summed E-state index contributed by atoms with van der Waals surface area (Å²) in [7, 11) is 0. The number of carbonyl (C=O) groups excluding carboxylic acids is 2. The topological polar surface area (TPSA) is 65.1 Å². The summed E-state index contributed by atoms with van der Waals surface area (Å²) in [5.74, 6) is 0.356. The van der Waals surface area contributed by atoms with Crippen LogP contribution in [0, 0.1) is 0 Å². The van der Waals surface area contributed by atoms with E-state index in [-0.39, 0.29) is 11.9 Å². The SMILES string of the molecule is CC[C@]1(c2ccc(OC(C)=O)cc2)O[C@]1(CC)c1ccc(OC(C)=O)cc1. The maximum absolute atomic E-state index is 11.1. The van der Waals surface area contributed by atoms with Crippen LogP contribution in [0.2, 0.25) is 0 Å². The van der Waals surface area contributed by atoms with Gasteiger partial charge in [-0.2, -0.15) is 0 Å². The number of epoxide rings is 1. The predicted molar refractivity (Wildman–Crippen MR) is 101 cm³/mol. The molecule has 1 aliphatic rings. The van der Waals surface area contributed by atoms with Crippen LogP contribution in [0.3, 0.4) is 0 Å². The Morgan fingerprint density at radius 2 is 1.07 bits per heavy atom. The molecule has 2 aromatic rings. The molecule has 1 aliphatic heterocycles. The van der Waals surface area contributed by atoms with Crippen molar-refractivity contribution in [3.05, 3.63) is 59.7 Å². The molecule has 1 heterocycles. The first-order valence-corrected chi connectivity index (χ1v) is 9.15. The van der Waals surface area contributed by atoms with Gasteiger partial charge in [0.15, 0.2) is 0 Å². The molecule has 3 rings (SSSR count). The Morgan fingerprint density at radius 3 is 1.33 bits per heavy atom. The molecule has 0 radical (unpaired) electrons. The predicted octanol–water partition coefficient (Wildman–Crippen LogP) is 4.48. The first kappa shape index (κ1) is 19.1. The van der Waals surface area contributed by atoms with Gasteiger partial charge in [-0.25, -0.2) is 0 Å². The van der Waals surface area contributed by atoms with Crippen molar-refractivity contribution >= 4 is 11.9 Å². The molecule has 0 amide bonds. The fraction of sp³-hybridized carbons (Fsp3) is 0.364. The molecule has 5 nitrogen and oxygen atoms in total. The molecule has 0 aliphatic carbocycles. The lowest BCUT2D eigenvalue weighted by Gasteiger charge is -2.19. The van der Waals surface area contributed by atoms with Gasteiger partial charge in [0, 0.05) is 13.8 Å². The van der Waals surface area contributed by atoms with Crippen LogP contribution in [0.25, 0.3) is 0 Å². The summed E-state index contributed by atoms with van der Waals surface area (Å²) in [6.45, 7) is 6.97. The second-order valence-corrected chi connectivity index (χ2v) is 6.70. The van der Waals surface area contributed by atoms with E-state index < -0.39 is 11.2 Å². The largest absolute Gasteiger partial charge is 0.427 e. The van der Waals surface area contributed by atoms with Crippen molar-refractivity contribution in [1.29, 1.82) is 0 Å². The molecule has 0 saturated carbocycles. The summed E-state index contributed by atoms with van der Waals surface area (Å²) in [5, 5.41) is 0. The molecular weight excluding hydrogens is 344 g/mol. The van der Waals surface area contributed by atoms with Gasteiger partial charge in [0.25, 0.3) is 0 Å². The average molecular weight is 368 g/mol. The fourth-order valence-electron chi connectivity index (χ4n) is 3.90. The Morgan fingerprint density at radius 1 is 0.741 bits per heavy atom. The zero-order chi connectivity index (χ0) is 19.7. The first-order valence-electron chi connectivity index (χ1n) is 9.15. The molecule has 2 atom stereocenters. The van der Waals surface area contributed by atoms with Gasteiger partial charge in [0.05, 0.1) is 0 Å². The Bertz CT molecular complexity index is 769. The Hall–Kier alpha value is -2.66. The lowest BCUT2D eigenvalue weighted by Crippen LogP contribution is -2.21. The molecule has 0 unspecified atom stereocenters. The summed E-state index contributed by atoms with van der Waals surface area (Å²) < 4.78 is 16.6. The highest BCUT2D eigenvalue weighted by Gasteiger charge is 2.69. The number of carbonyl (C=O) groups is 2. The van der Waals surface area contributed by atoms with E-state index in [0.29, 0.717) is 11.5 Å². The molecule has 0 spiro atoms. The van der Waals surface area contributed by atoms with E-state index >= 15 is 0 Å². The number of ether oxygens (including phenoxy) is 3. The molecule has 0 aromatic heterocycles. The minimum Gasteiger partial charge on any atom is -0.427 e. The molecule has 142 valence electrons. The smallest absolute Gasteiger partial charge is 0.308 e. The van der Waals surface area contributed by atoms with Crippen molar-refractivity contribution in [2.45, 2.75) is 51.7 Å². The van der Waals surface area contributed by atoms with Crippen molar-refractivity contribution in [1.82, 2.24) is 0 Å². The van der Waals surface area contributed by atoms with Gasteiger partial charge in [-0.05, 0) is 48.2 Å². The number of benzene rings is 2. The second kappa shape index (κ2) is 7.16. The number of rotatable bonds is 6. The van der Waals surface area contributed by atoms with E-state index in [1.807, 2.05) is 24.3 Å². The molecule has 5 heteroatoms. The second-order valence-electron chi connectivity index (χ2n) is 6.70. The molecule has 2 aromatic carbocycles. The standard InChI is InChI=1S/C22H24O5/c1-5-21(17-7-11-19(12-8-17)25-15(3)23)22(6-2,27-21)18-9-13-20(14-10-18)26-16(4)24/h7-14H,5-6H2,1-4H3/t21-,22-/m1/s1. The third kappa shape index (κ3) is 3.35. The van der Waals surface area contributed by atoms with Crippen LogP contribution >= 0.6 is 0 Å². The van der Waals surface area contributed by atoms with Gasteiger partial charge in [0.1, 0.15) is 22.7 Å². The van der Waals surface area contributed by atoms with Crippen LogP contribution in [0.4, 0.5) is 0 Å². The van der Waals surface area contributed by atoms with E-state index in [1.165, 1.54) is 13.8 Å². The summed E-state index contributed by atoms with van der Waals surface area (Å²) in [6, 6.07) is 15.0. The van der Waals surface area contributed by atoms with Gasteiger partial charge in [-0.3, -0.25) is 9.59 Å². The van der Waals surface area contributed by atoms with Crippen molar-refractivity contribution in [2.75, 3.05) is 0 Å². The highest BCUT2D eigenvalue weighted by Crippen LogP contribution is 2.66. The molecule has 0 bridgehead atoms. The van der Waals surface area contributed by atoms with Crippen LogP contribution < -0.4 is 9.47 Å². The van der Waals surface area contributed by atoms with Gasteiger partial charge in [-0.1, -0.05) is 38.1 Å². The van der Waals surface area contributed by atoms with Crippen LogP contribution in [-0.2, 0) is 25.5 Å². The average Bonchev–Trinajstić information content (AvgIpc) is 3.33. The molecule has 1 saturated heterocycles. The zero-order valence-electron chi connectivity index (χ0n) is 16.1. The van der Waals surface area contributed by atoms with Crippen molar-refractivity contribution < 1.29 is 23.8 Å². The molecule has 1 fully saturated rings. The van der Waals surface area contributed by atoms with E-state index in [2.05, 4.69) is 13.8 Å². The Kier molecular flexibility index (Phi) is 5.07. The summed E-state index contributed by atoms with van der Waals surface area (Å²) in [6.07, 6.45) is 1.61. The summed E-state index contributed by atoms with van der Waals surface area (Å²) in [4.78, 5) is 22.2. The lowest BCUT2D eigenvalue weighted by molar-refractivity contribution is -0.132. The maximum Gasteiger partial charge on any atom is 0.308 e. The number of hydrogen-bond acceptors (Lipinski definition) is 5. The van der Waals surface area contributed by atoms with Crippen LogP contribution in [0.5, 0.6) is 11.5 Å². The summed E-state index contributed by atoms with van der Waals surface area (Å²) in [5.41, 5.74) is 1.23. The normalized spacial score (nSPS) is 23.6. The first-order chi connectivity index (χ1) is 12.9. The van der Waals surface area contributed by atoms with Gasteiger partial charge < -0.3 is 14.2 Å². The number of esters is 2. The van der Waals surface area contributed by atoms with E-state index in [4.69, 9.17) is 14.2 Å². The van der Waals surface area contributed by atoms with Gasteiger partial charge >= 0.3 is 11.9 Å². The zero-order valence-corrected chi connectivity index (χ0v) is 16.1. The van der Waals surface area contributed by atoms with E-state index in [0.717, 1.165) is 24.0 Å². The molecular formula is C22H24O5. The van der Waals surface area contributed by atoms with Crippen molar-refractivity contribution in [3.8, 4) is 11.5 Å². The quantitative estimate of drug-likeness (QED) is 0.427. The van der Waals surface area contributed by atoms with Crippen LogP contribution in [-0.4, -0.2) is 11.9 Å². The van der Waals surface area contributed by atoms with Crippen LogP contribution in [0.15, 0.2) is 48.5 Å². The Balaban J connectivity index is 1.90. The van der Waals surface area contributed by atoms with Crippen molar-refractivity contribution in [2.24, 2.45) is 0 Å². The highest BCUT2D eigenvalue weighted by atomic mass is 16.6. The number of hydrogen-bond donors (Lipinski definition) is 0. The van der Waals surface area contributed by atoms with Gasteiger partial charge in [-0.15, -0.1) is 0 Å². The third-order valence-corrected chi connectivity index (χ3v) is 5.12. The van der Waals surface area contributed by atoms with Gasteiger partial charge in [0.2, 0.25) is 0 Å².